The quantitative estimate of drug-likeness (QED) is 0.468. The molecule has 1 N–H and O–H groups in total. The Morgan fingerprint density at radius 2 is 1.79 bits per heavy atom. The molecule has 1 saturated heterocycles. The number of ether oxygens (including phenoxy) is 1. The number of hydrogen-bond donors (Lipinski definition) is 1. The molecule has 0 radical (unpaired) electrons. The van der Waals surface area contributed by atoms with Crippen LogP contribution in [0.4, 0.5) is 10.1 Å². The summed E-state index contributed by atoms with van der Waals surface area (Å²) in [4.78, 5) is 14.9. The Hall–Kier alpha value is -3.78. The summed E-state index contributed by atoms with van der Waals surface area (Å²) in [6, 6.07) is 21.6. The molecule has 1 amide bonds. The minimum atomic E-state index is -0.314. The number of fused-ring (bicyclic) bond motifs is 1. The van der Waals surface area contributed by atoms with E-state index in [1.807, 2.05) is 59.3 Å². The molecule has 0 bridgehead atoms. The molecule has 0 atom stereocenters. The van der Waals surface area contributed by atoms with Crippen LogP contribution in [0.2, 0.25) is 0 Å². The molecule has 1 aliphatic heterocycles. The fraction of sp³-hybridized carbons (Fsp3) is 0.240. The summed E-state index contributed by atoms with van der Waals surface area (Å²) in [6.45, 7) is 1.83. The van der Waals surface area contributed by atoms with E-state index in [4.69, 9.17) is 4.74 Å². The molecule has 8 heteroatoms. The zero-order chi connectivity index (χ0) is 22.6. The van der Waals surface area contributed by atoms with E-state index in [2.05, 4.69) is 20.5 Å². The number of benzene rings is 3. The van der Waals surface area contributed by atoms with Crippen LogP contribution in [-0.4, -0.2) is 45.4 Å². The largest absolute Gasteiger partial charge is 0.455 e. The molecule has 2 heterocycles. The highest BCUT2D eigenvalue weighted by molar-refractivity contribution is 5.93. The number of piperidine rings is 1. The Kier molecular flexibility index (Phi) is 5.99. The third-order valence-electron chi connectivity index (χ3n) is 5.84. The maximum absolute atomic E-state index is 13.4. The number of halogens is 1. The first-order valence-corrected chi connectivity index (χ1v) is 11.0. The van der Waals surface area contributed by atoms with E-state index in [0.29, 0.717) is 29.2 Å². The third-order valence-corrected chi connectivity index (χ3v) is 5.84. The van der Waals surface area contributed by atoms with Gasteiger partial charge < -0.3 is 10.1 Å². The van der Waals surface area contributed by atoms with E-state index in [-0.39, 0.29) is 17.8 Å². The average molecular weight is 445 g/mol. The predicted octanol–water partition coefficient (Wildman–Crippen LogP) is 4.64. The van der Waals surface area contributed by atoms with Crippen LogP contribution >= 0.6 is 0 Å². The minimum Gasteiger partial charge on any atom is -0.455 e. The summed E-state index contributed by atoms with van der Waals surface area (Å²) in [6.07, 6.45) is 1.69. The van der Waals surface area contributed by atoms with E-state index >= 15 is 0 Å². The van der Waals surface area contributed by atoms with E-state index in [0.717, 1.165) is 31.4 Å². The smallest absolute Gasteiger partial charge is 0.238 e. The number of hydrogen-bond acceptors (Lipinski definition) is 5. The second kappa shape index (κ2) is 9.38. The summed E-state index contributed by atoms with van der Waals surface area (Å²) in [5, 5.41) is 11.3. The van der Waals surface area contributed by atoms with Crippen LogP contribution in [0, 0.1) is 5.82 Å². The highest BCUT2D eigenvalue weighted by Crippen LogP contribution is 2.29. The van der Waals surface area contributed by atoms with Crippen molar-refractivity contribution >= 4 is 22.6 Å². The highest BCUT2D eigenvalue weighted by atomic mass is 19.1. The van der Waals surface area contributed by atoms with Crippen molar-refractivity contribution in [2.75, 3.05) is 25.0 Å². The van der Waals surface area contributed by atoms with E-state index in [1.54, 1.807) is 6.07 Å². The highest BCUT2D eigenvalue weighted by Gasteiger charge is 2.24. The van der Waals surface area contributed by atoms with Crippen LogP contribution in [0.15, 0.2) is 72.8 Å². The van der Waals surface area contributed by atoms with Crippen LogP contribution < -0.4 is 10.1 Å². The van der Waals surface area contributed by atoms with E-state index in [9.17, 15) is 9.18 Å². The van der Waals surface area contributed by atoms with Crippen LogP contribution in [0.3, 0.4) is 0 Å². The van der Waals surface area contributed by atoms with Crippen molar-refractivity contribution < 1.29 is 13.9 Å². The fourth-order valence-corrected chi connectivity index (χ4v) is 4.17. The molecule has 1 aromatic heterocycles. The molecular formula is C25H24FN5O2. The van der Waals surface area contributed by atoms with Crippen molar-refractivity contribution in [3.63, 3.8) is 0 Å². The summed E-state index contributed by atoms with van der Waals surface area (Å²) in [7, 11) is 0. The maximum atomic E-state index is 13.4. The molecule has 3 aromatic carbocycles. The summed E-state index contributed by atoms with van der Waals surface area (Å²) >= 11 is 0. The van der Waals surface area contributed by atoms with Crippen LogP contribution in [0.5, 0.6) is 11.5 Å². The summed E-state index contributed by atoms with van der Waals surface area (Å²) in [5.41, 5.74) is 2.04. The SMILES string of the molecule is O=C(CN1CCC(n2nnc3cc(F)ccc32)CC1)Nc1ccccc1Oc1ccccc1. The Balaban J connectivity index is 1.18. The van der Waals surface area contributed by atoms with Crippen LogP contribution in [0.1, 0.15) is 18.9 Å². The fourth-order valence-electron chi connectivity index (χ4n) is 4.17. The number of rotatable bonds is 6. The first kappa shape index (κ1) is 21.1. The lowest BCUT2D eigenvalue weighted by atomic mass is 10.0. The van der Waals surface area contributed by atoms with Crippen molar-refractivity contribution in [2.24, 2.45) is 0 Å². The van der Waals surface area contributed by atoms with Gasteiger partial charge in [-0.05, 0) is 49.2 Å². The first-order chi connectivity index (χ1) is 16.2. The molecule has 0 spiro atoms. The number of nitrogens with one attached hydrogen (secondary N) is 1. The van der Waals surface area contributed by atoms with Crippen LogP contribution in [0.25, 0.3) is 11.0 Å². The topological polar surface area (TPSA) is 72.3 Å². The van der Waals surface area contributed by atoms with Gasteiger partial charge in [0.05, 0.1) is 23.8 Å². The number of anilines is 1. The standard InChI is InChI=1S/C25H24FN5O2/c26-18-10-11-23-22(16-18)28-29-31(23)19-12-14-30(15-13-19)17-25(32)27-21-8-4-5-9-24(21)33-20-6-2-1-3-7-20/h1-11,16,19H,12-15,17H2,(H,27,32). The van der Waals surface area contributed by atoms with Gasteiger partial charge in [0.25, 0.3) is 0 Å². The van der Waals surface area contributed by atoms with E-state index in [1.165, 1.54) is 12.1 Å². The van der Waals surface area contributed by atoms with Crippen molar-refractivity contribution in [1.82, 2.24) is 19.9 Å². The van der Waals surface area contributed by atoms with Gasteiger partial charge in [-0.1, -0.05) is 35.5 Å². The van der Waals surface area contributed by atoms with Crippen LogP contribution in [-0.2, 0) is 4.79 Å². The molecule has 168 valence electrons. The second-order valence-corrected chi connectivity index (χ2v) is 8.13. The van der Waals surface area contributed by atoms with Crippen molar-refractivity contribution in [3.8, 4) is 11.5 Å². The molecule has 5 rings (SSSR count). The number of carbonyl (C=O) groups is 1. The van der Waals surface area contributed by atoms with Crippen molar-refractivity contribution in [1.29, 1.82) is 0 Å². The lowest BCUT2D eigenvalue weighted by Gasteiger charge is -2.31. The van der Waals surface area contributed by atoms with Gasteiger partial charge in [-0.2, -0.15) is 0 Å². The Bertz CT molecular complexity index is 1250. The molecule has 4 aromatic rings. The number of carbonyl (C=O) groups excluding carboxylic acids is 1. The Labute approximate surface area is 190 Å². The molecule has 33 heavy (non-hydrogen) atoms. The molecule has 1 fully saturated rings. The van der Waals surface area contributed by atoms with Gasteiger partial charge in [0, 0.05) is 19.2 Å². The van der Waals surface area contributed by atoms with Gasteiger partial charge in [-0.3, -0.25) is 9.69 Å². The zero-order valence-electron chi connectivity index (χ0n) is 18.0. The molecule has 0 saturated carbocycles. The van der Waals surface area contributed by atoms with Crippen molar-refractivity contribution in [2.45, 2.75) is 18.9 Å². The van der Waals surface area contributed by atoms with Gasteiger partial charge in [-0.25, -0.2) is 9.07 Å². The summed E-state index contributed by atoms with van der Waals surface area (Å²) < 4.78 is 21.2. The second-order valence-electron chi connectivity index (χ2n) is 8.13. The number of aromatic nitrogens is 3. The van der Waals surface area contributed by atoms with Gasteiger partial charge in [0.15, 0.2) is 5.75 Å². The maximum Gasteiger partial charge on any atom is 0.238 e. The van der Waals surface area contributed by atoms with Gasteiger partial charge in [0.1, 0.15) is 17.1 Å². The monoisotopic (exact) mass is 445 g/mol. The van der Waals surface area contributed by atoms with Gasteiger partial charge in [0.2, 0.25) is 5.91 Å². The lowest BCUT2D eigenvalue weighted by molar-refractivity contribution is -0.117. The number of nitrogens with zero attached hydrogens (tertiary/aromatic N) is 4. The predicted molar refractivity (Wildman–Crippen MR) is 124 cm³/mol. The van der Waals surface area contributed by atoms with Crippen molar-refractivity contribution in [3.05, 3.63) is 78.6 Å². The molecule has 1 aliphatic rings. The molecule has 0 unspecified atom stereocenters. The minimum absolute atomic E-state index is 0.0840. The molecular weight excluding hydrogens is 421 g/mol. The molecule has 0 aliphatic carbocycles. The van der Waals surface area contributed by atoms with Gasteiger partial charge in [-0.15, -0.1) is 5.10 Å². The van der Waals surface area contributed by atoms with E-state index < -0.39 is 0 Å². The molecule has 7 nitrogen and oxygen atoms in total. The number of likely N-dealkylation sites (tertiary alicyclic amines) is 1. The normalized spacial score (nSPS) is 14.9. The van der Waals surface area contributed by atoms with Gasteiger partial charge >= 0.3 is 0 Å². The lowest BCUT2D eigenvalue weighted by Crippen LogP contribution is -2.39. The summed E-state index contributed by atoms with van der Waals surface area (Å²) in [5.74, 6) is 0.917. The number of para-hydroxylation sites is 3. The Morgan fingerprint density at radius 1 is 1.03 bits per heavy atom. The Morgan fingerprint density at radius 3 is 2.61 bits per heavy atom. The zero-order valence-corrected chi connectivity index (χ0v) is 18.0. The third kappa shape index (κ3) is 4.85. The first-order valence-electron chi connectivity index (χ1n) is 11.0. The number of amides is 1. The average Bonchev–Trinajstić information content (AvgIpc) is 3.24.